The maximum Gasteiger partial charge on any atom is 4.00 e. The first-order valence-electron chi connectivity index (χ1n) is 8.26. The molecule has 4 aromatic carbocycles. The number of hydrogen-bond acceptors (Lipinski definition) is 0. The van der Waals surface area contributed by atoms with Gasteiger partial charge in [-0.3, -0.25) is 0 Å². The summed E-state index contributed by atoms with van der Waals surface area (Å²) in [6, 6.07) is 40.1. The van der Waals surface area contributed by atoms with Crippen LogP contribution in [0.2, 0.25) is 0 Å². The van der Waals surface area contributed by atoms with Gasteiger partial charge < -0.3 is 18.6 Å². The van der Waals surface area contributed by atoms with Crippen LogP contribution in [0.5, 0.6) is 0 Å². The Morgan fingerprint density at radius 1 is 0.615 bits per heavy atom. The van der Waals surface area contributed by atoms with Crippen LogP contribution in [0.4, 0.5) is 0 Å². The third kappa shape index (κ3) is 9.08. The Morgan fingerprint density at radius 2 is 1.04 bits per heavy atom. The molecule has 0 spiro atoms. The summed E-state index contributed by atoms with van der Waals surface area (Å²) in [6.07, 6.45) is 3.26. The van der Waals surface area contributed by atoms with Crippen LogP contribution < -0.4 is 0 Å². The summed E-state index contributed by atoms with van der Waals surface area (Å²) in [5.41, 5.74) is 3.09. The normalized spacial score (nSPS) is 9.62. The van der Waals surface area contributed by atoms with E-state index in [-0.39, 0.29) is 21.7 Å². The fourth-order valence-corrected chi connectivity index (χ4v) is 2.05. The molecule has 0 nitrogen and oxygen atoms in total. The molecule has 0 saturated heterocycles. The van der Waals surface area contributed by atoms with E-state index < -0.39 is 0 Å². The molecule has 0 atom stereocenters. The number of allylic oxidation sites excluding steroid dienone is 1. The predicted molar refractivity (Wildman–Crippen MR) is 108 cm³/mol. The molecule has 26 heavy (non-hydrogen) atoms. The molecule has 0 radical (unpaired) electrons. The quantitative estimate of drug-likeness (QED) is 0.213. The Labute approximate surface area is 172 Å². The predicted octanol–water partition coefficient (Wildman–Crippen LogP) is 6.56. The molecule has 0 fully saturated rings. The van der Waals surface area contributed by atoms with E-state index in [9.17, 15) is 0 Å². The van der Waals surface area contributed by atoms with Gasteiger partial charge >= 0.3 is 21.7 Å². The molecular weight excluding hydrogens is 348 g/mol. The molecule has 0 bridgehead atoms. The van der Waals surface area contributed by atoms with Gasteiger partial charge in [0.15, 0.2) is 0 Å². The van der Waals surface area contributed by atoms with Crippen molar-refractivity contribution in [2.75, 3.05) is 0 Å². The van der Waals surface area contributed by atoms with Crippen molar-refractivity contribution in [3.63, 3.8) is 0 Å². The molecule has 0 aliphatic carbocycles. The molecule has 0 N–H and O–H groups in total. The SMILES string of the molecule is [CH2-]C(=[C-]c1ccccc1)c1ccccc1.[Ti+4].c1cc[cH-]c1.c1cc[cH-]c1. The van der Waals surface area contributed by atoms with Crippen molar-refractivity contribution < 1.29 is 21.7 Å². The molecule has 0 aromatic heterocycles. The molecule has 0 heterocycles. The Kier molecular flexibility index (Phi) is 11.3. The van der Waals surface area contributed by atoms with Gasteiger partial charge in [-0.15, -0.1) is 5.56 Å². The van der Waals surface area contributed by atoms with Crippen molar-refractivity contribution in [3.05, 3.63) is 145 Å². The van der Waals surface area contributed by atoms with Crippen molar-refractivity contribution in [3.8, 4) is 0 Å². The van der Waals surface area contributed by atoms with E-state index in [4.69, 9.17) is 0 Å². The topological polar surface area (TPSA) is 0 Å². The molecular formula is C25H22Ti. The third-order valence-electron chi connectivity index (χ3n) is 3.30. The maximum atomic E-state index is 4.01. The first-order chi connectivity index (χ1) is 12.4. The van der Waals surface area contributed by atoms with Crippen molar-refractivity contribution in [1.82, 2.24) is 0 Å². The second-order valence-corrected chi connectivity index (χ2v) is 5.26. The monoisotopic (exact) mass is 370 g/mol. The van der Waals surface area contributed by atoms with Crippen LogP contribution in [0.25, 0.3) is 5.57 Å². The van der Waals surface area contributed by atoms with Gasteiger partial charge in [0.25, 0.3) is 0 Å². The van der Waals surface area contributed by atoms with Crippen molar-refractivity contribution >= 4 is 5.57 Å². The van der Waals surface area contributed by atoms with Gasteiger partial charge in [0, 0.05) is 0 Å². The van der Waals surface area contributed by atoms with Gasteiger partial charge in [0.2, 0.25) is 0 Å². The molecule has 4 rings (SSSR count). The van der Waals surface area contributed by atoms with E-state index in [1.807, 2.05) is 121 Å². The van der Waals surface area contributed by atoms with E-state index in [1.54, 1.807) is 0 Å². The molecule has 0 unspecified atom stereocenters. The summed E-state index contributed by atoms with van der Waals surface area (Å²) in [5, 5.41) is 0. The zero-order valence-electron chi connectivity index (χ0n) is 14.8. The van der Waals surface area contributed by atoms with Crippen molar-refractivity contribution in [2.24, 2.45) is 0 Å². The van der Waals surface area contributed by atoms with Crippen LogP contribution in [-0.4, -0.2) is 0 Å². The summed E-state index contributed by atoms with van der Waals surface area (Å²) in [6.45, 7) is 4.01. The maximum absolute atomic E-state index is 4.01. The van der Waals surface area contributed by atoms with E-state index in [2.05, 4.69) is 13.0 Å². The summed E-state index contributed by atoms with van der Waals surface area (Å²) < 4.78 is 0. The Bertz CT molecular complexity index is 719. The van der Waals surface area contributed by atoms with Crippen LogP contribution in [0.1, 0.15) is 11.1 Å². The Morgan fingerprint density at radius 3 is 1.42 bits per heavy atom. The molecule has 0 aliphatic rings. The second kappa shape index (κ2) is 13.7. The van der Waals surface area contributed by atoms with Gasteiger partial charge in [-0.05, 0) is 0 Å². The molecule has 0 aliphatic heterocycles. The van der Waals surface area contributed by atoms with Gasteiger partial charge in [0.1, 0.15) is 0 Å². The molecule has 0 saturated carbocycles. The number of rotatable bonds is 2. The summed E-state index contributed by atoms with van der Waals surface area (Å²) >= 11 is 0. The average molecular weight is 370 g/mol. The Balaban J connectivity index is 0.000000251. The standard InChI is InChI=1S/C15H12.2C5H5.Ti/c1-13(15-10-6-3-7-11-15)12-14-8-4-2-5-9-14;2*1-2-4-5-3-1;/h2-11H,1H2;2*1-5H;/q-2;2*-1;+4. The van der Waals surface area contributed by atoms with Gasteiger partial charge in [-0.1, -0.05) is 48.5 Å². The largest absolute Gasteiger partial charge is 4.00 e. The summed E-state index contributed by atoms with van der Waals surface area (Å²) in [5.74, 6) is 0. The van der Waals surface area contributed by atoms with Crippen LogP contribution in [0, 0.1) is 13.0 Å². The van der Waals surface area contributed by atoms with Gasteiger partial charge in [0.05, 0.1) is 0 Å². The second-order valence-electron chi connectivity index (χ2n) is 5.26. The van der Waals surface area contributed by atoms with E-state index in [1.165, 1.54) is 0 Å². The Hall–Kier alpha value is -2.54. The zero-order chi connectivity index (χ0) is 17.6. The minimum Gasteiger partial charge on any atom is -0.366 e. The van der Waals surface area contributed by atoms with Crippen LogP contribution in [0.15, 0.2) is 121 Å². The summed E-state index contributed by atoms with van der Waals surface area (Å²) in [4.78, 5) is 0. The summed E-state index contributed by atoms with van der Waals surface area (Å²) in [7, 11) is 0. The third-order valence-corrected chi connectivity index (χ3v) is 3.30. The molecule has 4 aromatic rings. The first-order valence-corrected chi connectivity index (χ1v) is 8.26. The number of benzene rings is 2. The van der Waals surface area contributed by atoms with E-state index >= 15 is 0 Å². The molecule has 1 heteroatoms. The van der Waals surface area contributed by atoms with E-state index in [0.29, 0.717) is 0 Å². The van der Waals surface area contributed by atoms with Crippen molar-refractivity contribution in [1.29, 1.82) is 0 Å². The average Bonchev–Trinajstić information content (AvgIpc) is 3.42. The van der Waals surface area contributed by atoms with E-state index in [0.717, 1.165) is 16.7 Å². The van der Waals surface area contributed by atoms with Crippen LogP contribution >= 0.6 is 0 Å². The zero-order valence-corrected chi connectivity index (χ0v) is 16.3. The van der Waals surface area contributed by atoms with Crippen molar-refractivity contribution in [2.45, 2.75) is 0 Å². The molecule has 0 amide bonds. The first kappa shape index (κ1) is 21.5. The smallest absolute Gasteiger partial charge is 0.366 e. The molecule has 126 valence electrons. The number of hydrogen-bond donors (Lipinski definition) is 0. The fraction of sp³-hybridized carbons (Fsp3) is 0. The minimum atomic E-state index is 0. The fourth-order valence-electron chi connectivity index (χ4n) is 2.05. The van der Waals surface area contributed by atoms with Gasteiger partial charge in [-0.25, -0.2) is 29.8 Å². The van der Waals surface area contributed by atoms with Gasteiger partial charge in [-0.2, -0.15) is 48.5 Å². The van der Waals surface area contributed by atoms with Crippen LogP contribution in [0.3, 0.4) is 0 Å². The van der Waals surface area contributed by atoms with Crippen LogP contribution in [-0.2, 0) is 21.7 Å². The minimum absolute atomic E-state index is 0.